The molecule has 0 saturated carbocycles. The molecule has 1 amide bonds. The van der Waals surface area contributed by atoms with E-state index in [-0.39, 0.29) is 12.5 Å². The maximum atomic E-state index is 12.5. The largest absolute Gasteiger partial charge is 0.493 e. The fraction of sp³-hybridized carbons (Fsp3) is 0.316. The smallest absolute Gasteiger partial charge is 0.260 e. The lowest BCUT2D eigenvalue weighted by Crippen LogP contribution is -2.38. The molecule has 1 aliphatic rings. The van der Waals surface area contributed by atoms with Gasteiger partial charge in [-0.15, -0.1) is 0 Å². The highest BCUT2D eigenvalue weighted by Crippen LogP contribution is 2.33. The van der Waals surface area contributed by atoms with Crippen LogP contribution in [0.1, 0.15) is 11.1 Å². The van der Waals surface area contributed by atoms with Crippen molar-refractivity contribution < 1.29 is 19.0 Å². The number of carbonyl (C=O) groups is 1. The summed E-state index contributed by atoms with van der Waals surface area (Å²) in [6.07, 6.45) is 0.770. The van der Waals surface area contributed by atoms with Crippen LogP contribution < -0.4 is 14.2 Å². The van der Waals surface area contributed by atoms with Gasteiger partial charge < -0.3 is 19.1 Å². The predicted octanol–water partition coefficient (Wildman–Crippen LogP) is 4.08. The molecule has 0 fully saturated rings. The number of methoxy groups -OCH3 is 2. The zero-order chi connectivity index (χ0) is 18.7. The number of ether oxygens (including phenoxy) is 3. The Kier molecular flexibility index (Phi) is 5.94. The summed E-state index contributed by atoms with van der Waals surface area (Å²) in [7, 11) is 3.23. The summed E-state index contributed by atoms with van der Waals surface area (Å²) < 4.78 is 17.1. The number of amides is 1. The number of nitrogens with zero attached hydrogens (tertiary/aromatic N) is 1. The molecule has 138 valence electrons. The van der Waals surface area contributed by atoms with E-state index in [1.807, 2.05) is 12.1 Å². The lowest BCUT2D eigenvalue weighted by atomic mass is 9.99. The van der Waals surface area contributed by atoms with Gasteiger partial charge in [0.25, 0.3) is 5.91 Å². The van der Waals surface area contributed by atoms with Gasteiger partial charge in [0.05, 0.1) is 18.7 Å². The van der Waals surface area contributed by atoms with Crippen LogP contribution in [-0.2, 0) is 17.8 Å². The summed E-state index contributed by atoms with van der Waals surface area (Å²) in [5, 5.41) is 0.604. The lowest BCUT2D eigenvalue weighted by molar-refractivity contribution is -0.134. The molecule has 3 rings (SSSR count). The third-order valence-electron chi connectivity index (χ3n) is 4.32. The van der Waals surface area contributed by atoms with Crippen LogP contribution in [0.4, 0.5) is 0 Å². The second-order valence-electron chi connectivity index (χ2n) is 5.90. The highest BCUT2D eigenvalue weighted by molar-refractivity contribution is 9.10. The minimum absolute atomic E-state index is 0.0249. The van der Waals surface area contributed by atoms with Crippen molar-refractivity contribution in [1.29, 1.82) is 0 Å². The molecule has 0 atom stereocenters. The molecule has 5 nitrogen and oxygen atoms in total. The standard InChI is InChI=1S/C19H19BrClNO4/c1-24-17-7-12-5-6-22(10-13(12)8-18(17)25-2)19(23)11-26-16-4-3-14(21)9-15(16)20/h3-4,7-9H,5-6,10-11H2,1-2H3. The van der Waals surface area contributed by atoms with Crippen LogP contribution in [-0.4, -0.2) is 38.2 Å². The molecular formula is C19H19BrClNO4. The Morgan fingerprint density at radius 2 is 1.81 bits per heavy atom. The first-order valence-electron chi connectivity index (χ1n) is 8.11. The number of hydrogen-bond acceptors (Lipinski definition) is 4. The predicted molar refractivity (Wildman–Crippen MR) is 103 cm³/mol. The third-order valence-corrected chi connectivity index (χ3v) is 5.17. The summed E-state index contributed by atoms with van der Waals surface area (Å²) in [6, 6.07) is 9.12. The average Bonchev–Trinajstić information content (AvgIpc) is 2.65. The molecule has 7 heteroatoms. The lowest BCUT2D eigenvalue weighted by Gasteiger charge is -2.29. The van der Waals surface area contributed by atoms with E-state index in [1.54, 1.807) is 37.3 Å². The molecule has 2 aromatic rings. The van der Waals surface area contributed by atoms with Gasteiger partial charge in [0.1, 0.15) is 5.75 Å². The molecule has 0 saturated heterocycles. The Labute approximate surface area is 165 Å². The Hall–Kier alpha value is -1.92. The van der Waals surface area contributed by atoms with Gasteiger partial charge in [-0.3, -0.25) is 4.79 Å². The zero-order valence-corrected chi connectivity index (χ0v) is 16.9. The van der Waals surface area contributed by atoms with Crippen LogP contribution >= 0.6 is 27.5 Å². The van der Waals surface area contributed by atoms with Crippen LogP contribution in [0, 0.1) is 0 Å². The van der Waals surface area contributed by atoms with Gasteiger partial charge in [-0.05, 0) is 63.8 Å². The van der Waals surface area contributed by atoms with E-state index >= 15 is 0 Å². The maximum Gasteiger partial charge on any atom is 0.260 e. The van der Waals surface area contributed by atoms with Gasteiger partial charge in [-0.25, -0.2) is 0 Å². The number of rotatable bonds is 5. The van der Waals surface area contributed by atoms with Gasteiger partial charge in [-0.2, -0.15) is 0 Å². The summed E-state index contributed by atoms with van der Waals surface area (Å²) in [6.45, 7) is 1.15. The average molecular weight is 441 g/mol. The highest BCUT2D eigenvalue weighted by Gasteiger charge is 2.23. The molecule has 0 aliphatic carbocycles. The van der Waals surface area contributed by atoms with Crippen LogP contribution in [0.15, 0.2) is 34.8 Å². The summed E-state index contributed by atoms with van der Waals surface area (Å²) >= 11 is 9.30. The van der Waals surface area contributed by atoms with E-state index in [9.17, 15) is 4.79 Å². The Balaban J connectivity index is 1.67. The normalized spacial score (nSPS) is 13.2. The van der Waals surface area contributed by atoms with Crippen molar-refractivity contribution in [3.05, 3.63) is 51.0 Å². The molecule has 26 heavy (non-hydrogen) atoms. The van der Waals surface area contributed by atoms with Gasteiger partial charge in [0, 0.05) is 18.1 Å². The fourth-order valence-corrected chi connectivity index (χ4v) is 3.72. The molecule has 0 aromatic heterocycles. The van der Waals surface area contributed by atoms with Gasteiger partial charge >= 0.3 is 0 Å². The first-order chi connectivity index (χ1) is 12.5. The fourth-order valence-electron chi connectivity index (χ4n) is 2.92. The maximum absolute atomic E-state index is 12.5. The van der Waals surface area contributed by atoms with Crippen LogP contribution in [0.5, 0.6) is 17.2 Å². The SMILES string of the molecule is COc1cc2c(cc1OC)CN(C(=O)COc1ccc(Cl)cc1Br)CC2. The van der Waals surface area contributed by atoms with E-state index in [2.05, 4.69) is 15.9 Å². The first kappa shape index (κ1) is 18.9. The summed E-state index contributed by atoms with van der Waals surface area (Å²) in [4.78, 5) is 14.3. The van der Waals surface area contributed by atoms with Crippen molar-refractivity contribution in [3.8, 4) is 17.2 Å². The topological polar surface area (TPSA) is 48.0 Å². The van der Waals surface area contributed by atoms with Crippen LogP contribution in [0.3, 0.4) is 0 Å². The third kappa shape index (κ3) is 4.07. The summed E-state index contributed by atoms with van der Waals surface area (Å²) in [5.74, 6) is 1.91. The molecule has 0 bridgehead atoms. The Bertz CT molecular complexity index is 827. The Morgan fingerprint density at radius 1 is 1.12 bits per heavy atom. The van der Waals surface area contributed by atoms with Crippen molar-refractivity contribution in [2.75, 3.05) is 27.4 Å². The zero-order valence-electron chi connectivity index (χ0n) is 14.6. The van der Waals surface area contributed by atoms with Gasteiger partial charge in [0.2, 0.25) is 0 Å². The molecule has 2 aromatic carbocycles. The van der Waals surface area contributed by atoms with E-state index in [0.717, 1.165) is 16.5 Å². The molecule has 0 unspecified atom stereocenters. The van der Waals surface area contributed by atoms with Crippen molar-refractivity contribution in [1.82, 2.24) is 4.90 Å². The minimum Gasteiger partial charge on any atom is -0.493 e. The molecule has 1 aliphatic heterocycles. The van der Waals surface area contributed by atoms with Crippen LogP contribution in [0.2, 0.25) is 5.02 Å². The van der Waals surface area contributed by atoms with Crippen molar-refractivity contribution in [2.24, 2.45) is 0 Å². The second-order valence-corrected chi connectivity index (χ2v) is 7.20. The molecule has 0 radical (unpaired) electrons. The minimum atomic E-state index is -0.0627. The van der Waals surface area contributed by atoms with Crippen LogP contribution in [0.25, 0.3) is 0 Å². The second kappa shape index (κ2) is 8.18. The number of halogens is 2. The molecule has 1 heterocycles. The van der Waals surface area contributed by atoms with Crippen molar-refractivity contribution >= 4 is 33.4 Å². The molecule has 0 spiro atoms. The van der Waals surface area contributed by atoms with E-state index in [1.165, 1.54) is 5.56 Å². The quantitative estimate of drug-likeness (QED) is 0.703. The number of carbonyl (C=O) groups excluding carboxylic acids is 1. The van der Waals surface area contributed by atoms with Gasteiger partial charge in [-0.1, -0.05) is 11.6 Å². The number of hydrogen-bond donors (Lipinski definition) is 0. The van der Waals surface area contributed by atoms with Crippen molar-refractivity contribution in [3.63, 3.8) is 0 Å². The van der Waals surface area contributed by atoms with Gasteiger partial charge in [0.15, 0.2) is 18.1 Å². The first-order valence-corrected chi connectivity index (χ1v) is 9.28. The molecular weight excluding hydrogens is 422 g/mol. The number of benzene rings is 2. The number of fused-ring (bicyclic) bond motifs is 1. The van der Waals surface area contributed by atoms with E-state index in [4.69, 9.17) is 25.8 Å². The van der Waals surface area contributed by atoms with Crippen molar-refractivity contribution in [2.45, 2.75) is 13.0 Å². The highest BCUT2D eigenvalue weighted by atomic mass is 79.9. The van der Waals surface area contributed by atoms with E-state index in [0.29, 0.717) is 35.4 Å². The Morgan fingerprint density at radius 3 is 2.46 bits per heavy atom. The summed E-state index contributed by atoms with van der Waals surface area (Å²) in [5.41, 5.74) is 2.24. The van der Waals surface area contributed by atoms with E-state index < -0.39 is 0 Å². The monoisotopic (exact) mass is 439 g/mol. The molecule has 0 N–H and O–H groups in total.